The molecule has 1 atom stereocenters. The van der Waals surface area contributed by atoms with Crippen LogP contribution in [-0.4, -0.2) is 34.9 Å². The Balaban J connectivity index is 2.87. The Morgan fingerprint density at radius 1 is 1.28 bits per heavy atom. The third-order valence-corrected chi connectivity index (χ3v) is 2.47. The molecular formula is C13H16O5. The monoisotopic (exact) mass is 252 g/mol. The number of rotatable bonds is 6. The first-order chi connectivity index (χ1) is 8.60. The van der Waals surface area contributed by atoms with Gasteiger partial charge in [-0.2, -0.15) is 0 Å². The zero-order chi connectivity index (χ0) is 13.5. The molecule has 0 amide bonds. The van der Waals surface area contributed by atoms with Crippen LogP contribution < -0.4 is 0 Å². The molecule has 5 heteroatoms. The van der Waals surface area contributed by atoms with Gasteiger partial charge in [0, 0.05) is 0 Å². The highest BCUT2D eigenvalue weighted by Gasteiger charge is 2.20. The van der Waals surface area contributed by atoms with E-state index in [4.69, 9.17) is 14.9 Å². The first-order valence-electron chi connectivity index (χ1n) is 5.74. The fourth-order valence-corrected chi connectivity index (χ4v) is 1.57. The highest BCUT2D eigenvalue weighted by atomic mass is 16.6. The van der Waals surface area contributed by atoms with Crippen LogP contribution in [0.25, 0.3) is 0 Å². The Hall–Kier alpha value is -1.88. The topological polar surface area (TPSA) is 83.8 Å². The van der Waals surface area contributed by atoms with Gasteiger partial charge < -0.3 is 14.9 Å². The van der Waals surface area contributed by atoms with Crippen LogP contribution in [0.5, 0.6) is 0 Å². The number of aromatic carboxylic acids is 1. The van der Waals surface area contributed by atoms with Crippen LogP contribution >= 0.6 is 0 Å². The van der Waals surface area contributed by atoms with E-state index in [1.165, 1.54) is 18.2 Å². The summed E-state index contributed by atoms with van der Waals surface area (Å²) in [6.45, 7) is 1.64. The van der Waals surface area contributed by atoms with Gasteiger partial charge in [0.1, 0.15) is 6.10 Å². The Labute approximate surface area is 105 Å². The van der Waals surface area contributed by atoms with E-state index in [0.717, 1.165) is 6.42 Å². The average molecular weight is 252 g/mol. The summed E-state index contributed by atoms with van der Waals surface area (Å²) in [6, 6.07) is 5.84. The number of hydrogen-bond acceptors (Lipinski definition) is 4. The SMILES string of the molecule is CCCC(CO)OC(=O)c1ccccc1C(=O)O. The zero-order valence-electron chi connectivity index (χ0n) is 10.1. The summed E-state index contributed by atoms with van der Waals surface area (Å²) in [7, 11) is 0. The van der Waals surface area contributed by atoms with Crippen molar-refractivity contribution in [2.24, 2.45) is 0 Å². The lowest BCUT2D eigenvalue weighted by Crippen LogP contribution is -2.23. The quantitative estimate of drug-likeness (QED) is 0.753. The van der Waals surface area contributed by atoms with Gasteiger partial charge >= 0.3 is 11.9 Å². The number of aliphatic hydroxyl groups excluding tert-OH is 1. The summed E-state index contributed by atoms with van der Waals surface area (Å²) in [5, 5.41) is 18.0. The Bertz CT molecular complexity index is 427. The summed E-state index contributed by atoms with van der Waals surface area (Å²) in [5.74, 6) is -1.90. The number of carbonyl (C=O) groups excluding carboxylic acids is 1. The van der Waals surface area contributed by atoms with Crippen molar-refractivity contribution in [2.75, 3.05) is 6.61 Å². The van der Waals surface area contributed by atoms with Crippen molar-refractivity contribution < 1.29 is 24.5 Å². The van der Waals surface area contributed by atoms with Crippen LogP contribution in [0.4, 0.5) is 0 Å². The average Bonchev–Trinajstić information content (AvgIpc) is 2.38. The van der Waals surface area contributed by atoms with Crippen molar-refractivity contribution in [1.82, 2.24) is 0 Å². The normalized spacial score (nSPS) is 11.9. The third kappa shape index (κ3) is 3.56. The molecule has 98 valence electrons. The maximum Gasteiger partial charge on any atom is 0.339 e. The smallest absolute Gasteiger partial charge is 0.339 e. The molecule has 0 aliphatic rings. The van der Waals surface area contributed by atoms with E-state index in [1.54, 1.807) is 6.07 Å². The van der Waals surface area contributed by atoms with Crippen molar-refractivity contribution in [3.05, 3.63) is 35.4 Å². The van der Waals surface area contributed by atoms with Crippen LogP contribution in [0.1, 0.15) is 40.5 Å². The molecule has 0 bridgehead atoms. The standard InChI is InChI=1S/C13H16O5/c1-2-5-9(8-14)18-13(17)11-7-4-3-6-10(11)12(15)16/h3-4,6-7,9,14H,2,5,8H2,1H3,(H,15,16). The molecule has 18 heavy (non-hydrogen) atoms. The van der Waals surface area contributed by atoms with Crippen LogP contribution in [-0.2, 0) is 4.74 Å². The molecule has 0 saturated heterocycles. The maximum atomic E-state index is 11.8. The molecule has 0 saturated carbocycles. The molecule has 0 spiro atoms. The highest BCUT2D eigenvalue weighted by molar-refractivity contribution is 6.02. The molecule has 0 aliphatic carbocycles. The van der Waals surface area contributed by atoms with Gasteiger partial charge in [0.05, 0.1) is 17.7 Å². The first kappa shape index (κ1) is 14.2. The van der Waals surface area contributed by atoms with E-state index in [2.05, 4.69) is 0 Å². The molecule has 1 aromatic carbocycles. The predicted molar refractivity (Wildman–Crippen MR) is 64.6 cm³/mol. The van der Waals surface area contributed by atoms with E-state index < -0.39 is 18.0 Å². The maximum absolute atomic E-state index is 11.8. The lowest BCUT2D eigenvalue weighted by molar-refractivity contribution is 0.0110. The number of hydrogen-bond donors (Lipinski definition) is 2. The molecule has 5 nitrogen and oxygen atoms in total. The third-order valence-electron chi connectivity index (χ3n) is 2.47. The number of ether oxygens (including phenoxy) is 1. The van der Waals surface area contributed by atoms with Gasteiger partial charge in [-0.1, -0.05) is 25.5 Å². The predicted octanol–water partition coefficient (Wildman–Crippen LogP) is 1.70. The zero-order valence-corrected chi connectivity index (χ0v) is 10.1. The van der Waals surface area contributed by atoms with Crippen LogP contribution in [0.3, 0.4) is 0 Å². The number of carboxylic acid groups (broad SMARTS) is 1. The van der Waals surface area contributed by atoms with Gasteiger partial charge in [-0.3, -0.25) is 0 Å². The highest BCUT2D eigenvalue weighted by Crippen LogP contribution is 2.13. The van der Waals surface area contributed by atoms with E-state index in [-0.39, 0.29) is 17.7 Å². The molecule has 2 N–H and O–H groups in total. The van der Waals surface area contributed by atoms with E-state index >= 15 is 0 Å². The summed E-state index contributed by atoms with van der Waals surface area (Å²) in [5.41, 5.74) is -0.102. The molecule has 0 radical (unpaired) electrons. The van der Waals surface area contributed by atoms with E-state index in [1.807, 2.05) is 6.92 Å². The number of carbonyl (C=O) groups is 2. The van der Waals surface area contributed by atoms with Gasteiger partial charge in [-0.15, -0.1) is 0 Å². The second-order valence-corrected chi connectivity index (χ2v) is 3.85. The second kappa shape index (κ2) is 6.76. The fraction of sp³-hybridized carbons (Fsp3) is 0.385. The first-order valence-corrected chi connectivity index (χ1v) is 5.74. The van der Waals surface area contributed by atoms with Gasteiger partial charge in [0.15, 0.2) is 0 Å². The lowest BCUT2D eigenvalue weighted by Gasteiger charge is -2.15. The molecule has 1 aromatic rings. The summed E-state index contributed by atoms with van der Waals surface area (Å²) < 4.78 is 5.06. The van der Waals surface area contributed by atoms with Gasteiger partial charge in [-0.05, 0) is 18.6 Å². The van der Waals surface area contributed by atoms with Crippen molar-refractivity contribution in [2.45, 2.75) is 25.9 Å². The van der Waals surface area contributed by atoms with E-state index in [0.29, 0.717) is 6.42 Å². The number of benzene rings is 1. The molecule has 0 aliphatic heterocycles. The Morgan fingerprint density at radius 3 is 2.39 bits per heavy atom. The molecule has 0 fully saturated rings. The molecule has 1 rings (SSSR count). The largest absolute Gasteiger partial charge is 0.478 e. The minimum absolute atomic E-state index is 0.000414. The van der Waals surface area contributed by atoms with Gasteiger partial charge in [0.2, 0.25) is 0 Å². The second-order valence-electron chi connectivity index (χ2n) is 3.85. The molecule has 0 aromatic heterocycles. The summed E-state index contributed by atoms with van der Waals surface area (Å²) >= 11 is 0. The number of aliphatic hydroxyl groups is 1. The Kier molecular flexibility index (Phi) is 5.32. The molecular weight excluding hydrogens is 236 g/mol. The lowest BCUT2D eigenvalue weighted by atomic mass is 10.1. The van der Waals surface area contributed by atoms with Crippen molar-refractivity contribution in [3.8, 4) is 0 Å². The van der Waals surface area contributed by atoms with Gasteiger partial charge in [0.25, 0.3) is 0 Å². The Morgan fingerprint density at radius 2 is 1.89 bits per heavy atom. The van der Waals surface area contributed by atoms with Crippen molar-refractivity contribution >= 4 is 11.9 Å². The minimum atomic E-state index is -1.18. The molecule has 1 unspecified atom stereocenters. The summed E-state index contributed by atoms with van der Waals surface area (Å²) in [6.07, 6.45) is 0.709. The van der Waals surface area contributed by atoms with Crippen LogP contribution in [0, 0.1) is 0 Å². The summed E-state index contributed by atoms with van der Waals surface area (Å²) in [4.78, 5) is 22.8. The van der Waals surface area contributed by atoms with Crippen LogP contribution in [0.2, 0.25) is 0 Å². The van der Waals surface area contributed by atoms with Crippen LogP contribution in [0.15, 0.2) is 24.3 Å². The van der Waals surface area contributed by atoms with Crippen molar-refractivity contribution in [1.29, 1.82) is 0 Å². The van der Waals surface area contributed by atoms with E-state index in [9.17, 15) is 9.59 Å². The molecule has 0 heterocycles. The number of carboxylic acids is 1. The van der Waals surface area contributed by atoms with Crippen molar-refractivity contribution in [3.63, 3.8) is 0 Å². The van der Waals surface area contributed by atoms with Gasteiger partial charge in [-0.25, -0.2) is 9.59 Å². The number of esters is 1. The fourth-order valence-electron chi connectivity index (χ4n) is 1.57. The minimum Gasteiger partial charge on any atom is -0.478 e.